The Hall–Kier alpha value is -1.74. The van der Waals surface area contributed by atoms with Gasteiger partial charge in [-0.3, -0.25) is 4.90 Å². The molecule has 1 aromatic carbocycles. The van der Waals surface area contributed by atoms with E-state index in [4.69, 9.17) is 4.74 Å². The normalized spacial score (nSPS) is 30.4. The summed E-state index contributed by atoms with van der Waals surface area (Å²) in [6.45, 7) is 1.08. The lowest BCUT2D eigenvalue weighted by molar-refractivity contribution is 0.164. The maximum absolute atomic E-state index is 10.8. The SMILES string of the molecule is COc1ccc2c(c1O)[C@]13CC=CC=C1[C@H](C2)N(C)CC3. The maximum atomic E-state index is 10.8. The van der Waals surface area contributed by atoms with Crippen LogP contribution < -0.4 is 4.74 Å². The number of benzene rings is 1. The van der Waals surface area contributed by atoms with Crippen LogP contribution in [0.5, 0.6) is 11.5 Å². The number of likely N-dealkylation sites (N-methyl/N-ethyl adjacent to an activating group) is 1. The molecule has 1 fully saturated rings. The number of piperidine rings is 1. The van der Waals surface area contributed by atoms with Gasteiger partial charge in [-0.25, -0.2) is 0 Å². The molecule has 0 saturated carbocycles. The van der Waals surface area contributed by atoms with E-state index in [1.165, 1.54) is 11.1 Å². The van der Waals surface area contributed by atoms with Crippen molar-refractivity contribution in [1.82, 2.24) is 4.90 Å². The van der Waals surface area contributed by atoms with Gasteiger partial charge in [0.2, 0.25) is 0 Å². The molecule has 1 aromatic rings. The Morgan fingerprint density at radius 3 is 3.05 bits per heavy atom. The molecule has 0 amide bonds. The fourth-order valence-electron chi connectivity index (χ4n) is 4.48. The second-order valence-electron chi connectivity index (χ2n) is 6.44. The van der Waals surface area contributed by atoms with Crippen molar-refractivity contribution < 1.29 is 9.84 Å². The quantitative estimate of drug-likeness (QED) is 0.860. The average Bonchev–Trinajstić information content (AvgIpc) is 2.51. The molecule has 110 valence electrons. The standard InChI is InChI=1S/C18H21NO2/c1-19-10-9-18-8-4-3-5-13(18)14(19)11-12-6-7-15(21-2)17(20)16(12)18/h3-7,14,20H,8-11H2,1-2H3/t14-,18-/m0/s1. The number of nitrogens with zero attached hydrogens (tertiary/aromatic N) is 1. The Bertz CT molecular complexity index is 661. The Morgan fingerprint density at radius 1 is 1.38 bits per heavy atom. The van der Waals surface area contributed by atoms with E-state index in [9.17, 15) is 5.11 Å². The minimum atomic E-state index is -0.0296. The molecule has 2 bridgehead atoms. The molecule has 2 aliphatic carbocycles. The molecule has 1 saturated heterocycles. The molecule has 2 atom stereocenters. The van der Waals surface area contributed by atoms with Crippen LogP contribution in [-0.4, -0.2) is 36.8 Å². The first-order valence-corrected chi connectivity index (χ1v) is 7.64. The number of methoxy groups -OCH3 is 1. The van der Waals surface area contributed by atoms with Crippen molar-refractivity contribution in [1.29, 1.82) is 0 Å². The van der Waals surface area contributed by atoms with Gasteiger partial charge in [0.25, 0.3) is 0 Å². The first-order valence-electron chi connectivity index (χ1n) is 7.64. The third kappa shape index (κ3) is 1.58. The van der Waals surface area contributed by atoms with E-state index in [1.54, 1.807) is 7.11 Å². The van der Waals surface area contributed by atoms with Gasteiger partial charge in [-0.05, 0) is 50.1 Å². The van der Waals surface area contributed by atoms with Crippen molar-refractivity contribution in [3.8, 4) is 11.5 Å². The summed E-state index contributed by atoms with van der Waals surface area (Å²) in [5.74, 6) is 0.939. The van der Waals surface area contributed by atoms with Gasteiger partial charge in [0.15, 0.2) is 11.5 Å². The number of ether oxygens (including phenoxy) is 1. The zero-order valence-corrected chi connectivity index (χ0v) is 12.6. The predicted octanol–water partition coefficient (Wildman–Crippen LogP) is 2.79. The number of fused-ring (bicyclic) bond motifs is 1. The van der Waals surface area contributed by atoms with E-state index >= 15 is 0 Å². The number of hydrogen-bond acceptors (Lipinski definition) is 3. The smallest absolute Gasteiger partial charge is 0.162 e. The van der Waals surface area contributed by atoms with Crippen LogP contribution in [0.2, 0.25) is 0 Å². The molecule has 0 spiro atoms. The molecule has 0 radical (unpaired) electrons. The molecule has 0 aromatic heterocycles. The molecule has 4 rings (SSSR count). The summed E-state index contributed by atoms with van der Waals surface area (Å²) in [4.78, 5) is 2.45. The monoisotopic (exact) mass is 283 g/mol. The zero-order chi connectivity index (χ0) is 14.6. The van der Waals surface area contributed by atoms with E-state index in [-0.39, 0.29) is 5.41 Å². The Labute approximate surface area is 125 Å². The number of rotatable bonds is 1. The summed E-state index contributed by atoms with van der Waals surface area (Å²) in [5, 5.41) is 10.8. The molecular formula is C18H21NO2. The lowest BCUT2D eigenvalue weighted by Gasteiger charge is -2.53. The first kappa shape index (κ1) is 13.0. The van der Waals surface area contributed by atoms with Gasteiger partial charge in [-0.15, -0.1) is 0 Å². The molecular weight excluding hydrogens is 262 g/mol. The molecule has 1 aliphatic heterocycles. The van der Waals surface area contributed by atoms with Gasteiger partial charge in [0.05, 0.1) is 7.11 Å². The van der Waals surface area contributed by atoms with E-state index in [1.807, 2.05) is 6.07 Å². The number of allylic oxidation sites excluding steroid dienone is 3. The number of phenols is 1. The van der Waals surface area contributed by atoms with Crippen LogP contribution in [0.15, 0.2) is 35.9 Å². The van der Waals surface area contributed by atoms with Crippen LogP contribution in [0.3, 0.4) is 0 Å². The zero-order valence-electron chi connectivity index (χ0n) is 12.6. The number of hydrogen-bond donors (Lipinski definition) is 1. The van der Waals surface area contributed by atoms with Crippen LogP contribution in [0, 0.1) is 0 Å². The summed E-state index contributed by atoms with van der Waals surface area (Å²) < 4.78 is 5.35. The van der Waals surface area contributed by atoms with E-state index in [0.717, 1.165) is 31.4 Å². The van der Waals surface area contributed by atoms with Crippen molar-refractivity contribution in [3.05, 3.63) is 47.1 Å². The Kier molecular flexibility index (Phi) is 2.70. The van der Waals surface area contributed by atoms with Crippen molar-refractivity contribution >= 4 is 0 Å². The van der Waals surface area contributed by atoms with Crippen molar-refractivity contribution in [3.63, 3.8) is 0 Å². The van der Waals surface area contributed by atoms with Gasteiger partial charge in [0, 0.05) is 17.0 Å². The van der Waals surface area contributed by atoms with E-state index in [0.29, 0.717) is 17.5 Å². The van der Waals surface area contributed by atoms with Gasteiger partial charge in [0.1, 0.15) is 0 Å². The summed E-state index contributed by atoms with van der Waals surface area (Å²) in [6, 6.07) is 4.49. The van der Waals surface area contributed by atoms with E-state index in [2.05, 4.69) is 36.2 Å². The highest BCUT2D eigenvalue weighted by Gasteiger charge is 2.50. The van der Waals surface area contributed by atoms with Gasteiger partial charge < -0.3 is 9.84 Å². The molecule has 1 N–H and O–H groups in total. The topological polar surface area (TPSA) is 32.7 Å². The number of likely N-dealkylation sites (tertiary alicyclic amines) is 1. The largest absolute Gasteiger partial charge is 0.504 e. The van der Waals surface area contributed by atoms with Crippen LogP contribution in [0.25, 0.3) is 0 Å². The molecule has 3 nitrogen and oxygen atoms in total. The maximum Gasteiger partial charge on any atom is 0.162 e. The highest BCUT2D eigenvalue weighted by molar-refractivity contribution is 5.62. The molecule has 21 heavy (non-hydrogen) atoms. The van der Waals surface area contributed by atoms with Crippen molar-refractivity contribution in [2.75, 3.05) is 20.7 Å². The summed E-state index contributed by atoms with van der Waals surface area (Å²) in [6.07, 6.45) is 9.69. The Morgan fingerprint density at radius 2 is 2.24 bits per heavy atom. The van der Waals surface area contributed by atoms with E-state index < -0.39 is 0 Å². The minimum absolute atomic E-state index is 0.0296. The highest BCUT2D eigenvalue weighted by atomic mass is 16.5. The molecule has 0 unspecified atom stereocenters. The molecule has 3 heteroatoms. The third-order valence-corrected chi connectivity index (χ3v) is 5.55. The third-order valence-electron chi connectivity index (χ3n) is 5.55. The lowest BCUT2D eigenvalue weighted by Crippen LogP contribution is -2.54. The van der Waals surface area contributed by atoms with Crippen molar-refractivity contribution in [2.24, 2.45) is 0 Å². The minimum Gasteiger partial charge on any atom is -0.504 e. The number of aromatic hydroxyl groups is 1. The highest BCUT2D eigenvalue weighted by Crippen LogP contribution is 2.56. The fourth-order valence-corrected chi connectivity index (χ4v) is 4.48. The van der Waals surface area contributed by atoms with Crippen LogP contribution >= 0.6 is 0 Å². The molecule has 3 aliphatic rings. The second-order valence-corrected chi connectivity index (χ2v) is 6.44. The van der Waals surface area contributed by atoms with Crippen LogP contribution in [-0.2, 0) is 11.8 Å². The predicted molar refractivity (Wildman–Crippen MR) is 82.9 cm³/mol. The fraction of sp³-hybridized carbons (Fsp3) is 0.444. The summed E-state index contributed by atoms with van der Waals surface area (Å²) in [7, 11) is 3.83. The summed E-state index contributed by atoms with van der Waals surface area (Å²) in [5.41, 5.74) is 3.83. The van der Waals surface area contributed by atoms with Gasteiger partial charge >= 0.3 is 0 Å². The number of phenolic OH excluding ortho intramolecular Hbond substituents is 1. The summed E-state index contributed by atoms with van der Waals surface area (Å²) >= 11 is 0. The van der Waals surface area contributed by atoms with Crippen LogP contribution in [0.1, 0.15) is 24.0 Å². The van der Waals surface area contributed by atoms with Crippen LogP contribution in [0.4, 0.5) is 0 Å². The molecule has 1 heterocycles. The first-order chi connectivity index (χ1) is 10.2. The van der Waals surface area contributed by atoms with Gasteiger partial charge in [-0.1, -0.05) is 24.3 Å². The van der Waals surface area contributed by atoms with Gasteiger partial charge in [-0.2, -0.15) is 0 Å². The average molecular weight is 283 g/mol. The van der Waals surface area contributed by atoms with Crippen molar-refractivity contribution in [2.45, 2.75) is 30.7 Å². The lowest BCUT2D eigenvalue weighted by atomic mass is 9.58. The Balaban J connectivity index is 2.00. The second kappa shape index (κ2) is 4.38.